The second-order valence-corrected chi connectivity index (χ2v) is 4.45. The van der Waals surface area contributed by atoms with E-state index >= 15 is 0 Å². The summed E-state index contributed by atoms with van der Waals surface area (Å²) in [7, 11) is 0. The molecule has 3 N–H and O–H groups in total. The molecule has 0 radical (unpaired) electrons. The van der Waals surface area contributed by atoms with E-state index in [-0.39, 0.29) is 0 Å². The Hall–Kier alpha value is -2.18. The lowest BCUT2D eigenvalue weighted by molar-refractivity contribution is -0.134. The number of nitrogens with zero attached hydrogens (tertiary/aromatic N) is 1. The van der Waals surface area contributed by atoms with Crippen molar-refractivity contribution < 1.29 is 19.8 Å². The van der Waals surface area contributed by atoms with Crippen LogP contribution in [0.1, 0.15) is 12.0 Å². The fourth-order valence-electron chi connectivity index (χ4n) is 1.59. The van der Waals surface area contributed by atoms with Gasteiger partial charge in [0.2, 0.25) is 0 Å². The fraction of sp³-hybridized carbons (Fsp3) is 0.214. The highest BCUT2D eigenvalue weighted by molar-refractivity contribution is 6.29. The molecule has 1 aromatic rings. The van der Waals surface area contributed by atoms with E-state index in [1.165, 1.54) is 11.1 Å². The van der Waals surface area contributed by atoms with Gasteiger partial charge in [0.25, 0.3) is 0 Å². The summed E-state index contributed by atoms with van der Waals surface area (Å²) in [5.41, 5.74) is 2.55. The third-order valence-electron chi connectivity index (χ3n) is 2.53. The third-order valence-corrected chi connectivity index (χ3v) is 2.75. The minimum atomic E-state index is -1.26. The van der Waals surface area contributed by atoms with Crippen molar-refractivity contribution >= 4 is 29.1 Å². The van der Waals surface area contributed by atoms with Gasteiger partial charge < -0.3 is 15.5 Å². The second kappa shape index (κ2) is 8.89. The van der Waals surface area contributed by atoms with Crippen LogP contribution in [0.4, 0.5) is 0 Å². The zero-order chi connectivity index (χ0) is 15.7. The van der Waals surface area contributed by atoms with Gasteiger partial charge >= 0.3 is 11.9 Å². The third kappa shape index (κ3) is 7.24. The number of rotatable bonds is 3. The van der Waals surface area contributed by atoms with Crippen LogP contribution in [0.3, 0.4) is 0 Å². The van der Waals surface area contributed by atoms with Crippen LogP contribution < -0.4 is 5.32 Å². The van der Waals surface area contributed by atoms with Crippen molar-refractivity contribution in [1.29, 1.82) is 0 Å². The second-order valence-electron chi connectivity index (χ2n) is 4.06. The fourth-order valence-corrected chi connectivity index (χ4v) is 1.70. The molecule has 0 fully saturated rings. The minimum absolute atomic E-state index is 0.554. The van der Waals surface area contributed by atoms with Gasteiger partial charge in [0, 0.05) is 24.9 Å². The first-order valence-electron chi connectivity index (χ1n) is 6.14. The first-order valence-corrected chi connectivity index (χ1v) is 6.52. The first-order chi connectivity index (χ1) is 9.99. The van der Waals surface area contributed by atoms with Crippen molar-refractivity contribution in [3.63, 3.8) is 0 Å². The lowest BCUT2D eigenvalue weighted by Gasteiger charge is -2.13. The van der Waals surface area contributed by atoms with E-state index in [1.54, 1.807) is 0 Å². The van der Waals surface area contributed by atoms with E-state index in [0.29, 0.717) is 17.3 Å². The maximum absolute atomic E-state index is 9.55. The van der Waals surface area contributed by atoms with E-state index in [0.717, 1.165) is 19.5 Å². The first kappa shape index (κ1) is 16.9. The standard InChI is InChI=1S/C10H11ClN2.C4H4O4/c11-10-2-1-9(7-13-10)8-3-5-12-6-4-8;5-3(6)1-2-4(7)8/h1-3,7,12H,4-6H2;1-2H,(H,5,6)(H,7,8)/b;2-1-. The molecule has 0 saturated heterocycles. The summed E-state index contributed by atoms with van der Waals surface area (Å²) < 4.78 is 0. The Balaban J connectivity index is 0.000000240. The van der Waals surface area contributed by atoms with Gasteiger partial charge in [0.05, 0.1) is 0 Å². The molecular formula is C14H15ClN2O4. The molecule has 0 aliphatic carbocycles. The summed E-state index contributed by atoms with van der Waals surface area (Å²) in [6.45, 7) is 2.01. The number of aliphatic carboxylic acids is 2. The molecule has 0 unspecified atom stereocenters. The largest absolute Gasteiger partial charge is 0.478 e. The molecule has 1 aromatic heterocycles. The highest BCUT2D eigenvalue weighted by atomic mass is 35.5. The van der Waals surface area contributed by atoms with Gasteiger partial charge in [-0.3, -0.25) is 0 Å². The number of hydrogen-bond acceptors (Lipinski definition) is 4. The lowest BCUT2D eigenvalue weighted by Crippen LogP contribution is -2.20. The number of carbonyl (C=O) groups is 2. The van der Waals surface area contributed by atoms with Crippen molar-refractivity contribution in [3.05, 3.63) is 47.3 Å². The van der Waals surface area contributed by atoms with E-state index < -0.39 is 11.9 Å². The van der Waals surface area contributed by atoms with E-state index in [9.17, 15) is 9.59 Å². The quantitative estimate of drug-likeness (QED) is 0.582. The maximum Gasteiger partial charge on any atom is 0.328 e. The van der Waals surface area contributed by atoms with Crippen LogP contribution in [-0.2, 0) is 9.59 Å². The van der Waals surface area contributed by atoms with Crippen molar-refractivity contribution in [2.24, 2.45) is 0 Å². The van der Waals surface area contributed by atoms with Crippen molar-refractivity contribution in [1.82, 2.24) is 10.3 Å². The molecule has 1 aliphatic rings. The van der Waals surface area contributed by atoms with E-state index in [2.05, 4.69) is 16.4 Å². The summed E-state index contributed by atoms with van der Waals surface area (Å²) in [6, 6.07) is 3.85. The van der Waals surface area contributed by atoms with E-state index in [4.69, 9.17) is 21.8 Å². The van der Waals surface area contributed by atoms with Crippen LogP contribution in [0, 0.1) is 0 Å². The molecule has 0 amide bonds. The maximum atomic E-state index is 9.55. The summed E-state index contributed by atoms with van der Waals surface area (Å²) in [6.07, 6.45) is 6.22. The monoisotopic (exact) mass is 310 g/mol. The van der Waals surface area contributed by atoms with Gasteiger partial charge in [-0.25, -0.2) is 14.6 Å². The van der Waals surface area contributed by atoms with Crippen LogP contribution in [0.2, 0.25) is 5.15 Å². The van der Waals surface area contributed by atoms with Crippen molar-refractivity contribution in [2.45, 2.75) is 6.42 Å². The Morgan fingerprint density at radius 2 is 1.90 bits per heavy atom. The molecule has 21 heavy (non-hydrogen) atoms. The summed E-state index contributed by atoms with van der Waals surface area (Å²) in [5, 5.41) is 19.5. The molecular weight excluding hydrogens is 296 g/mol. The highest BCUT2D eigenvalue weighted by Crippen LogP contribution is 2.19. The lowest BCUT2D eigenvalue weighted by atomic mass is 10.0. The Bertz CT molecular complexity index is 537. The van der Waals surface area contributed by atoms with E-state index in [1.807, 2.05) is 18.3 Å². The molecule has 1 aliphatic heterocycles. The van der Waals surface area contributed by atoms with Gasteiger partial charge in [-0.1, -0.05) is 23.7 Å². The Morgan fingerprint density at radius 1 is 1.24 bits per heavy atom. The average Bonchev–Trinajstić information content (AvgIpc) is 2.47. The molecule has 2 heterocycles. The molecule has 0 saturated carbocycles. The number of halogens is 1. The Morgan fingerprint density at radius 3 is 2.33 bits per heavy atom. The SMILES string of the molecule is Clc1ccc(C2=CCNCC2)cn1.O=C(O)/C=C\C(=O)O. The minimum Gasteiger partial charge on any atom is -0.478 e. The van der Waals surface area contributed by atoms with Gasteiger partial charge in [0.1, 0.15) is 5.15 Å². The Labute approximate surface area is 126 Å². The molecule has 6 nitrogen and oxygen atoms in total. The number of carboxylic acids is 2. The summed E-state index contributed by atoms with van der Waals surface area (Å²) >= 11 is 5.71. The van der Waals surface area contributed by atoms with Crippen LogP contribution in [0.5, 0.6) is 0 Å². The number of hydrogen-bond donors (Lipinski definition) is 3. The number of nitrogens with one attached hydrogen (secondary N) is 1. The number of aromatic nitrogens is 1. The van der Waals surface area contributed by atoms with Crippen molar-refractivity contribution in [3.8, 4) is 0 Å². The van der Waals surface area contributed by atoms with Crippen LogP contribution in [0.15, 0.2) is 36.6 Å². The van der Waals surface area contributed by atoms with Gasteiger partial charge in [0.15, 0.2) is 0 Å². The van der Waals surface area contributed by atoms with Crippen LogP contribution in [-0.4, -0.2) is 40.2 Å². The number of carboxylic acid groups (broad SMARTS) is 2. The molecule has 0 spiro atoms. The molecule has 0 atom stereocenters. The smallest absolute Gasteiger partial charge is 0.328 e. The summed E-state index contributed by atoms with van der Waals surface area (Å²) in [5.74, 6) is -2.51. The zero-order valence-electron chi connectivity index (χ0n) is 11.1. The molecule has 2 rings (SSSR count). The van der Waals surface area contributed by atoms with Crippen molar-refractivity contribution in [2.75, 3.05) is 13.1 Å². The van der Waals surface area contributed by atoms with Gasteiger partial charge in [-0.15, -0.1) is 0 Å². The van der Waals surface area contributed by atoms with Gasteiger partial charge in [-0.05, 0) is 30.2 Å². The number of pyridine rings is 1. The average molecular weight is 311 g/mol. The normalized spacial score (nSPS) is 14.0. The molecule has 112 valence electrons. The highest BCUT2D eigenvalue weighted by Gasteiger charge is 2.05. The zero-order valence-corrected chi connectivity index (χ0v) is 11.9. The molecule has 0 bridgehead atoms. The van der Waals surface area contributed by atoms with Gasteiger partial charge in [-0.2, -0.15) is 0 Å². The molecule has 0 aromatic carbocycles. The van der Waals surface area contributed by atoms with Crippen LogP contribution in [0.25, 0.3) is 5.57 Å². The Kier molecular flexibility index (Phi) is 7.14. The predicted octanol–water partition coefficient (Wildman–Crippen LogP) is 1.82. The molecule has 7 heteroatoms. The topological polar surface area (TPSA) is 99.5 Å². The predicted molar refractivity (Wildman–Crippen MR) is 79.1 cm³/mol. The van der Waals surface area contributed by atoms with Crippen LogP contribution >= 0.6 is 11.6 Å². The summed E-state index contributed by atoms with van der Waals surface area (Å²) in [4.78, 5) is 23.2.